The Bertz CT molecular complexity index is 699. The zero-order valence-corrected chi connectivity index (χ0v) is 12.4. The summed E-state index contributed by atoms with van der Waals surface area (Å²) in [6.45, 7) is 4.53. The maximum atomic E-state index is 5.46. The molecule has 1 aromatic heterocycles. The van der Waals surface area contributed by atoms with Crippen LogP contribution >= 0.6 is 12.2 Å². The van der Waals surface area contributed by atoms with Crippen LogP contribution in [0.15, 0.2) is 12.1 Å². The van der Waals surface area contributed by atoms with Crippen LogP contribution in [0.5, 0.6) is 11.5 Å². The lowest BCUT2D eigenvalue weighted by atomic mass is 10.2. The molecule has 102 valence electrons. The molecule has 1 atom stereocenters. The molecule has 1 aromatic carbocycles. The van der Waals surface area contributed by atoms with Gasteiger partial charge in [-0.25, -0.2) is 0 Å². The second kappa shape index (κ2) is 4.00. The highest BCUT2D eigenvalue weighted by atomic mass is 32.1. The normalized spacial score (nSPS) is 20.5. The predicted molar refractivity (Wildman–Crippen MR) is 77.7 cm³/mol. The number of H-pyrrole nitrogens is 1. The number of rotatable bonds is 3. The van der Waals surface area contributed by atoms with E-state index in [1.165, 1.54) is 0 Å². The minimum absolute atomic E-state index is 0.320. The minimum Gasteiger partial charge on any atom is -0.493 e. The highest BCUT2D eigenvalue weighted by molar-refractivity contribution is 7.71. The summed E-state index contributed by atoms with van der Waals surface area (Å²) < 4.78 is 13.7. The number of benzene rings is 1. The largest absolute Gasteiger partial charge is 0.493 e. The van der Waals surface area contributed by atoms with E-state index in [0.717, 1.165) is 28.0 Å². The molecule has 1 unspecified atom stereocenters. The topological polar surface area (TPSA) is 39.2 Å². The van der Waals surface area contributed by atoms with Crippen molar-refractivity contribution >= 4 is 23.3 Å². The van der Waals surface area contributed by atoms with Crippen molar-refractivity contribution in [3.63, 3.8) is 0 Å². The first-order valence-corrected chi connectivity index (χ1v) is 6.75. The Kier molecular flexibility index (Phi) is 2.64. The lowest BCUT2D eigenvalue weighted by molar-refractivity contribution is 0.355. The Balaban J connectivity index is 2.23. The van der Waals surface area contributed by atoms with Crippen molar-refractivity contribution in [2.24, 2.45) is 5.41 Å². The fourth-order valence-corrected chi connectivity index (χ4v) is 2.98. The number of fused-ring (bicyclic) bond motifs is 1. The standard InChI is InChI=1S/C14H18N2O2S/c1-14(2)7-12(14)16-9-6-11(18-4)10(17-3)5-8(9)15-13(16)19/h5-6,12H,7H2,1-4H3,(H,15,19). The summed E-state index contributed by atoms with van der Waals surface area (Å²) in [4.78, 5) is 3.25. The summed E-state index contributed by atoms with van der Waals surface area (Å²) in [5.74, 6) is 1.45. The molecule has 1 heterocycles. The summed E-state index contributed by atoms with van der Waals surface area (Å²) in [5.41, 5.74) is 2.39. The molecule has 2 aromatic rings. The molecule has 1 N–H and O–H groups in total. The van der Waals surface area contributed by atoms with E-state index in [4.69, 9.17) is 21.7 Å². The molecule has 1 saturated carbocycles. The molecule has 0 saturated heterocycles. The van der Waals surface area contributed by atoms with Gasteiger partial charge in [0.15, 0.2) is 16.3 Å². The SMILES string of the molecule is COc1cc2[nH]c(=S)n(C3CC3(C)C)c2cc1OC. The third-order valence-electron chi connectivity index (χ3n) is 3.99. The first kappa shape index (κ1) is 12.5. The van der Waals surface area contributed by atoms with Gasteiger partial charge in [-0.3, -0.25) is 0 Å². The predicted octanol–water partition coefficient (Wildman–Crippen LogP) is 3.69. The molecule has 1 aliphatic rings. The van der Waals surface area contributed by atoms with Gasteiger partial charge in [-0.05, 0) is 24.1 Å². The van der Waals surface area contributed by atoms with Crippen LogP contribution in [0, 0.1) is 10.2 Å². The van der Waals surface area contributed by atoms with Gasteiger partial charge in [0.2, 0.25) is 0 Å². The Labute approximate surface area is 117 Å². The fraction of sp³-hybridized carbons (Fsp3) is 0.500. The number of imidazole rings is 1. The van der Waals surface area contributed by atoms with Crippen LogP contribution in [0.3, 0.4) is 0 Å². The van der Waals surface area contributed by atoms with E-state index in [0.29, 0.717) is 17.2 Å². The highest BCUT2D eigenvalue weighted by Gasteiger charge is 2.48. The van der Waals surface area contributed by atoms with Crippen molar-refractivity contribution in [3.05, 3.63) is 16.9 Å². The van der Waals surface area contributed by atoms with Crippen LogP contribution in [0.2, 0.25) is 0 Å². The van der Waals surface area contributed by atoms with Crippen LogP contribution in [-0.4, -0.2) is 23.8 Å². The van der Waals surface area contributed by atoms with E-state index in [-0.39, 0.29) is 0 Å². The monoisotopic (exact) mass is 278 g/mol. The van der Waals surface area contributed by atoms with Crippen molar-refractivity contribution < 1.29 is 9.47 Å². The highest BCUT2D eigenvalue weighted by Crippen LogP contribution is 2.56. The molecule has 19 heavy (non-hydrogen) atoms. The van der Waals surface area contributed by atoms with Crippen molar-refractivity contribution in [1.82, 2.24) is 9.55 Å². The molecule has 0 aliphatic heterocycles. The average Bonchev–Trinajstić information content (AvgIpc) is 2.86. The number of aromatic nitrogens is 2. The van der Waals surface area contributed by atoms with E-state index < -0.39 is 0 Å². The summed E-state index contributed by atoms with van der Waals surface area (Å²) in [6.07, 6.45) is 1.16. The van der Waals surface area contributed by atoms with Gasteiger partial charge >= 0.3 is 0 Å². The van der Waals surface area contributed by atoms with Crippen LogP contribution in [-0.2, 0) is 0 Å². The average molecular weight is 278 g/mol. The van der Waals surface area contributed by atoms with E-state index in [9.17, 15) is 0 Å². The second-order valence-electron chi connectivity index (χ2n) is 5.73. The first-order valence-electron chi connectivity index (χ1n) is 6.34. The Morgan fingerprint density at radius 2 is 1.84 bits per heavy atom. The molecular formula is C14H18N2O2S. The van der Waals surface area contributed by atoms with Crippen LogP contribution < -0.4 is 9.47 Å². The number of methoxy groups -OCH3 is 2. The summed E-state index contributed by atoms with van der Waals surface area (Å²) >= 11 is 5.46. The van der Waals surface area contributed by atoms with Gasteiger partial charge in [0.25, 0.3) is 0 Å². The maximum absolute atomic E-state index is 5.46. The van der Waals surface area contributed by atoms with Gasteiger partial charge in [-0.15, -0.1) is 0 Å². The van der Waals surface area contributed by atoms with Crippen molar-refractivity contribution in [2.75, 3.05) is 14.2 Å². The molecule has 0 amide bonds. The van der Waals surface area contributed by atoms with Crippen molar-refractivity contribution in [1.29, 1.82) is 0 Å². The van der Waals surface area contributed by atoms with Gasteiger partial charge in [0.05, 0.1) is 25.3 Å². The van der Waals surface area contributed by atoms with Crippen molar-refractivity contribution in [3.8, 4) is 11.5 Å². The molecule has 3 rings (SSSR count). The summed E-state index contributed by atoms with van der Waals surface area (Å²) in [5, 5.41) is 0. The van der Waals surface area contributed by atoms with Gasteiger partial charge < -0.3 is 19.0 Å². The number of nitrogens with one attached hydrogen (secondary N) is 1. The third-order valence-corrected chi connectivity index (χ3v) is 4.29. The van der Waals surface area contributed by atoms with E-state index in [1.54, 1.807) is 14.2 Å². The zero-order valence-electron chi connectivity index (χ0n) is 11.6. The Morgan fingerprint density at radius 1 is 1.26 bits per heavy atom. The quantitative estimate of drug-likeness (QED) is 0.870. The molecule has 5 heteroatoms. The Morgan fingerprint density at radius 3 is 2.37 bits per heavy atom. The molecule has 1 fully saturated rings. The second-order valence-corrected chi connectivity index (χ2v) is 6.12. The van der Waals surface area contributed by atoms with Crippen LogP contribution in [0.25, 0.3) is 11.0 Å². The van der Waals surface area contributed by atoms with Crippen molar-refractivity contribution in [2.45, 2.75) is 26.3 Å². The Hall–Kier alpha value is -1.49. The van der Waals surface area contributed by atoms with E-state index in [1.807, 2.05) is 12.1 Å². The van der Waals surface area contributed by atoms with Crippen LogP contribution in [0.4, 0.5) is 0 Å². The van der Waals surface area contributed by atoms with Gasteiger partial charge in [-0.1, -0.05) is 13.8 Å². The molecule has 0 bridgehead atoms. The lowest BCUT2D eigenvalue weighted by Gasteiger charge is -2.10. The smallest absolute Gasteiger partial charge is 0.178 e. The number of ether oxygens (including phenoxy) is 2. The van der Waals surface area contributed by atoms with Crippen LogP contribution in [0.1, 0.15) is 26.3 Å². The lowest BCUT2D eigenvalue weighted by Crippen LogP contribution is -2.00. The molecule has 4 nitrogen and oxygen atoms in total. The third kappa shape index (κ3) is 1.84. The molecule has 0 spiro atoms. The molecule has 0 radical (unpaired) electrons. The maximum Gasteiger partial charge on any atom is 0.178 e. The van der Waals surface area contributed by atoms with Gasteiger partial charge in [0.1, 0.15) is 0 Å². The minimum atomic E-state index is 0.320. The zero-order chi connectivity index (χ0) is 13.8. The van der Waals surface area contributed by atoms with E-state index >= 15 is 0 Å². The number of hydrogen-bond acceptors (Lipinski definition) is 3. The molecule has 1 aliphatic carbocycles. The molecular weight excluding hydrogens is 260 g/mol. The number of aromatic amines is 1. The number of nitrogens with zero attached hydrogens (tertiary/aromatic N) is 1. The fourth-order valence-electron chi connectivity index (χ4n) is 2.64. The number of hydrogen-bond donors (Lipinski definition) is 1. The summed E-state index contributed by atoms with van der Waals surface area (Å²) in [6, 6.07) is 4.40. The first-order chi connectivity index (χ1) is 8.97. The van der Waals surface area contributed by atoms with Gasteiger partial charge in [0, 0.05) is 18.2 Å². The van der Waals surface area contributed by atoms with Gasteiger partial charge in [-0.2, -0.15) is 0 Å². The summed E-state index contributed by atoms with van der Waals surface area (Å²) in [7, 11) is 3.29. The van der Waals surface area contributed by atoms with E-state index in [2.05, 4.69) is 23.4 Å².